The van der Waals surface area contributed by atoms with Crippen LogP contribution in [-0.4, -0.2) is 39.1 Å². The Morgan fingerprint density at radius 1 is 1.00 bits per heavy atom. The summed E-state index contributed by atoms with van der Waals surface area (Å²) in [7, 11) is 0. The van der Waals surface area contributed by atoms with Crippen LogP contribution in [0.15, 0.2) is 12.1 Å². The first kappa shape index (κ1) is 16.5. The van der Waals surface area contributed by atoms with Gasteiger partial charge in [0.2, 0.25) is 0 Å². The van der Waals surface area contributed by atoms with Gasteiger partial charge >= 0.3 is 0 Å². The van der Waals surface area contributed by atoms with E-state index in [4.69, 9.17) is 11.6 Å². The van der Waals surface area contributed by atoms with Gasteiger partial charge in [0.15, 0.2) is 0 Å². The van der Waals surface area contributed by atoms with Gasteiger partial charge in [-0.15, -0.1) is 0 Å². The van der Waals surface area contributed by atoms with Gasteiger partial charge in [0.1, 0.15) is 28.4 Å². The number of rotatable bonds is 4. The van der Waals surface area contributed by atoms with Crippen LogP contribution in [0.1, 0.15) is 48.9 Å². The summed E-state index contributed by atoms with van der Waals surface area (Å²) < 4.78 is 0. The van der Waals surface area contributed by atoms with E-state index in [1.807, 2.05) is 19.9 Å². The summed E-state index contributed by atoms with van der Waals surface area (Å²) in [5, 5.41) is 4.08. The number of aromatic nitrogens is 4. The van der Waals surface area contributed by atoms with Gasteiger partial charge in [-0.3, -0.25) is 0 Å². The van der Waals surface area contributed by atoms with Crippen molar-refractivity contribution in [2.24, 2.45) is 0 Å². The zero-order chi connectivity index (χ0) is 17.4. The first-order valence-electron chi connectivity index (χ1n) is 8.95. The molecule has 1 aliphatic carbocycles. The third kappa shape index (κ3) is 4.00. The Labute approximate surface area is 153 Å². The molecule has 2 aromatic heterocycles. The lowest BCUT2D eigenvalue weighted by molar-refractivity contribution is 0.521. The monoisotopic (exact) mass is 358 g/mol. The molecule has 2 aliphatic rings. The molecule has 0 unspecified atom stereocenters. The van der Waals surface area contributed by atoms with Gasteiger partial charge in [-0.05, 0) is 39.5 Å². The van der Waals surface area contributed by atoms with Gasteiger partial charge < -0.3 is 10.2 Å². The van der Waals surface area contributed by atoms with Crippen LogP contribution < -0.4 is 10.2 Å². The molecule has 7 heteroatoms. The highest BCUT2D eigenvalue weighted by atomic mass is 35.5. The van der Waals surface area contributed by atoms with Crippen molar-refractivity contribution in [2.75, 3.05) is 23.3 Å². The maximum Gasteiger partial charge on any atom is 0.135 e. The normalized spacial score (nSPS) is 18.4. The SMILES string of the molecule is Cc1cc(N2CCC(Nc3cc(Cl)nc(C4CC4)n3)CC2)nc(C)n1. The third-order valence-corrected chi connectivity index (χ3v) is 4.97. The topological polar surface area (TPSA) is 66.8 Å². The van der Waals surface area contributed by atoms with Crippen LogP contribution in [0.3, 0.4) is 0 Å². The van der Waals surface area contributed by atoms with Gasteiger partial charge in [-0.25, -0.2) is 19.9 Å². The molecule has 25 heavy (non-hydrogen) atoms. The summed E-state index contributed by atoms with van der Waals surface area (Å²) in [5.74, 6) is 4.11. The van der Waals surface area contributed by atoms with Crippen molar-refractivity contribution in [3.8, 4) is 0 Å². The predicted molar refractivity (Wildman–Crippen MR) is 99.4 cm³/mol. The largest absolute Gasteiger partial charge is 0.367 e. The predicted octanol–water partition coefficient (Wildman–Crippen LogP) is 3.50. The lowest BCUT2D eigenvalue weighted by Gasteiger charge is -2.33. The van der Waals surface area contributed by atoms with E-state index in [-0.39, 0.29) is 0 Å². The molecule has 1 aliphatic heterocycles. The second-order valence-electron chi connectivity index (χ2n) is 7.03. The second-order valence-corrected chi connectivity index (χ2v) is 7.42. The molecule has 0 spiro atoms. The fourth-order valence-electron chi connectivity index (χ4n) is 3.35. The fourth-order valence-corrected chi connectivity index (χ4v) is 3.54. The lowest BCUT2D eigenvalue weighted by Crippen LogP contribution is -2.39. The third-order valence-electron chi connectivity index (χ3n) is 4.78. The van der Waals surface area contributed by atoms with Crippen molar-refractivity contribution in [1.82, 2.24) is 19.9 Å². The Bertz CT molecular complexity index is 748. The van der Waals surface area contributed by atoms with E-state index in [2.05, 4.69) is 36.2 Å². The van der Waals surface area contributed by atoms with Crippen molar-refractivity contribution < 1.29 is 0 Å². The average molecular weight is 359 g/mol. The summed E-state index contributed by atoms with van der Waals surface area (Å²) in [5.41, 5.74) is 1.02. The molecule has 0 aromatic carbocycles. The fraction of sp³-hybridized carbons (Fsp3) is 0.556. The first-order valence-corrected chi connectivity index (χ1v) is 9.33. The van der Waals surface area contributed by atoms with E-state index in [0.29, 0.717) is 17.1 Å². The van der Waals surface area contributed by atoms with Gasteiger partial charge in [0.05, 0.1) is 0 Å². The molecule has 132 valence electrons. The molecule has 1 saturated heterocycles. The minimum atomic E-state index is 0.401. The Kier molecular flexibility index (Phi) is 4.46. The van der Waals surface area contributed by atoms with Crippen LogP contribution >= 0.6 is 11.6 Å². The van der Waals surface area contributed by atoms with E-state index in [0.717, 1.165) is 54.9 Å². The highest BCUT2D eigenvalue weighted by molar-refractivity contribution is 6.29. The number of piperidine rings is 1. The molecule has 4 rings (SSSR count). The number of nitrogens with one attached hydrogen (secondary N) is 1. The molecule has 0 amide bonds. The number of halogens is 1. The number of aryl methyl sites for hydroxylation is 2. The van der Waals surface area contributed by atoms with Gasteiger partial charge in [-0.1, -0.05) is 11.6 Å². The second kappa shape index (κ2) is 6.75. The molecule has 0 atom stereocenters. The molecule has 1 N–H and O–H groups in total. The molecule has 3 heterocycles. The van der Waals surface area contributed by atoms with Crippen molar-refractivity contribution in [3.05, 3.63) is 34.6 Å². The van der Waals surface area contributed by atoms with Crippen molar-refractivity contribution in [1.29, 1.82) is 0 Å². The molecule has 0 bridgehead atoms. The van der Waals surface area contributed by atoms with E-state index in [1.165, 1.54) is 12.8 Å². The maximum atomic E-state index is 6.16. The first-order chi connectivity index (χ1) is 12.1. The number of hydrogen-bond acceptors (Lipinski definition) is 6. The van der Waals surface area contributed by atoms with Gasteiger partial charge in [0, 0.05) is 42.9 Å². The number of nitrogens with zero attached hydrogens (tertiary/aromatic N) is 5. The molecular formula is C18H23ClN6. The average Bonchev–Trinajstić information content (AvgIpc) is 3.39. The smallest absolute Gasteiger partial charge is 0.135 e. The Morgan fingerprint density at radius 2 is 1.76 bits per heavy atom. The molecule has 6 nitrogen and oxygen atoms in total. The van der Waals surface area contributed by atoms with Crippen LogP contribution in [0.2, 0.25) is 5.15 Å². The zero-order valence-corrected chi connectivity index (χ0v) is 15.4. The van der Waals surface area contributed by atoms with E-state index >= 15 is 0 Å². The van der Waals surface area contributed by atoms with Crippen LogP contribution in [0.25, 0.3) is 0 Å². The highest BCUT2D eigenvalue weighted by Crippen LogP contribution is 2.38. The van der Waals surface area contributed by atoms with Crippen LogP contribution in [0.4, 0.5) is 11.6 Å². The summed E-state index contributed by atoms with van der Waals surface area (Å²) >= 11 is 6.16. The summed E-state index contributed by atoms with van der Waals surface area (Å²) in [4.78, 5) is 20.3. The number of anilines is 2. The lowest BCUT2D eigenvalue weighted by atomic mass is 10.0. The van der Waals surface area contributed by atoms with E-state index in [9.17, 15) is 0 Å². The number of hydrogen-bond donors (Lipinski definition) is 1. The minimum absolute atomic E-state index is 0.401. The Morgan fingerprint density at radius 3 is 2.44 bits per heavy atom. The standard InChI is InChI=1S/C18H23ClN6/c1-11-9-17(21-12(2)20-11)25-7-5-14(6-8-25)22-16-10-15(19)23-18(24-16)13-3-4-13/h9-10,13-14H,3-8H2,1-2H3,(H,22,23,24). The van der Waals surface area contributed by atoms with Crippen molar-refractivity contribution in [2.45, 2.75) is 51.5 Å². The highest BCUT2D eigenvalue weighted by Gasteiger charge is 2.28. The van der Waals surface area contributed by atoms with E-state index < -0.39 is 0 Å². The Balaban J connectivity index is 1.39. The Hall–Kier alpha value is -1.95. The van der Waals surface area contributed by atoms with Crippen molar-refractivity contribution >= 4 is 23.2 Å². The van der Waals surface area contributed by atoms with Crippen LogP contribution in [0.5, 0.6) is 0 Å². The van der Waals surface area contributed by atoms with Crippen molar-refractivity contribution in [3.63, 3.8) is 0 Å². The summed E-state index contributed by atoms with van der Waals surface area (Å²) in [6.07, 6.45) is 4.44. The zero-order valence-electron chi connectivity index (χ0n) is 14.7. The van der Waals surface area contributed by atoms with Crippen LogP contribution in [-0.2, 0) is 0 Å². The van der Waals surface area contributed by atoms with Crippen LogP contribution in [0, 0.1) is 13.8 Å². The molecule has 2 fully saturated rings. The molecule has 1 saturated carbocycles. The molecular weight excluding hydrogens is 336 g/mol. The minimum Gasteiger partial charge on any atom is -0.367 e. The summed E-state index contributed by atoms with van der Waals surface area (Å²) in [6, 6.07) is 4.29. The molecule has 0 radical (unpaired) electrons. The van der Waals surface area contributed by atoms with Gasteiger partial charge in [-0.2, -0.15) is 0 Å². The van der Waals surface area contributed by atoms with E-state index in [1.54, 1.807) is 0 Å². The maximum absolute atomic E-state index is 6.16. The summed E-state index contributed by atoms with van der Waals surface area (Å²) in [6.45, 7) is 5.91. The molecule has 2 aromatic rings. The van der Waals surface area contributed by atoms with Gasteiger partial charge in [0.25, 0.3) is 0 Å². The quantitative estimate of drug-likeness (QED) is 0.844.